The number of hydrogen-bond donors (Lipinski definition) is 0. The van der Waals surface area contributed by atoms with Gasteiger partial charge in [0.1, 0.15) is 0 Å². The predicted molar refractivity (Wildman–Crippen MR) is 112 cm³/mol. The second-order valence-corrected chi connectivity index (χ2v) is 6.39. The van der Waals surface area contributed by atoms with E-state index in [4.69, 9.17) is 9.72 Å². The maximum absolute atomic E-state index is 12.3. The van der Waals surface area contributed by atoms with E-state index < -0.39 is 0 Å². The molecular formula is C25H19NO2. The van der Waals surface area contributed by atoms with Crippen molar-refractivity contribution in [1.82, 2.24) is 4.98 Å². The van der Waals surface area contributed by atoms with Gasteiger partial charge in [0.15, 0.2) is 0 Å². The van der Waals surface area contributed by atoms with Crippen LogP contribution in [-0.2, 0) is 4.74 Å². The van der Waals surface area contributed by atoms with Crippen molar-refractivity contribution in [2.75, 3.05) is 7.11 Å². The summed E-state index contributed by atoms with van der Waals surface area (Å²) in [4.78, 5) is 17.1. The summed E-state index contributed by atoms with van der Waals surface area (Å²) in [6.45, 7) is 0. The summed E-state index contributed by atoms with van der Waals surface area (Å²) in [5.74, 6) is -0.372. The lowest BCUT2D eigenvalue weighted by Crippen LogP contribution is -2.04. The molecule has 0 aliphatic heterocycles. The highest BCUT2D eigenvalue weighted by atomic mass is 16.5. The molecule has 0 bridgehead atoms. The summed E-state index contributed by atoms with van der Waals surface area (Å²) >= 11 is 0. The first-order valence-corrected chi connectivity index (χ1v) is 9.06. The smallest absolute Gasteiger partial charge is 0.338 e. The Hall–Kier alpha value is -3.72. The van der Waals surface area contributed by atoms with Crippen molar-refractivity contribution in [2.24, 2.45) is 0 Å². The first-order chi connectivity index (χ1) is 13.8. The number of pyridine rings is 1. The molecule has 136 valence electrons. The molecule has 0 fully saturated rings. The summed E-state index contributed by atoms with van der Waals surface area (Å²) < 4.78 is 4.97. The van der Waals surface area contributed by atoms with Gasteiger partial charge >= 0.3 is 5.97 Å². The van der Waals surface area contributed by atoms with E-state index in [0.29, 0.717) is 5.56 Å². The van der Waals surface area contributed by atoms with E-state index >= 15 is 0 Å². The number of hydrogen-bond acceptors (Lipinski definition) is 3. The Labute approximate surface area is 164 Å². The van der Waals surface area contributed by atoms with Crippen molar-refractivity contribution in [3.05, 3.63) is 103 Å². The van der Waals surface area contributed by atoms with Gasteiger partial charge in [0, 0.05) is 22.9 Å². The van der Waals surface area contributed by atoms with E-state index in [1.807, 2.05) is 60.8 Å². The SMILES string of the molecule is COC(=O)c1ccccc1-c1ncc(-c2ccccc2)cc1-c1ccccc1. The maximum Gasteiger partial charge on any atom is 0.338 e. The second kappa shape index (κ2) is 7.89. The first kappa shape index (κ1) is 17.7. The summed E-state index contributed by atoms with van der Waals surface area (Å²) in [5, 5.41) is 0. The molecule has 0 saturated carbocycles. The Morgan fingerprint density at radius 2 is 1.32 bits per heavy atom. The Balaban J connectivity index is 1.95. The number of nitrogens with zero attached hydrogens (tertiary/aromatic N) is 1. The molecule has 0 radical (unpaired) electrons. The molecule has 3 heteroatoms. The molecule has 3 aromatic carbocycles. The summed E-state index contributed by atoms with van der Waals surface area (Å²) in [6, 6.07) is 29.8. The number of carbonyl (C=O) groups is 1. The van der Waals surface area contributed by atoms with Gasteiger partial charge in [-0.1, -0.05) is 78.9 Å². The van der Waals surface area contributed by atoms with E-state index in [1.54, 1.807) is 6.07 Å². The van der Waals surface area contributed by atoms with Gasteiger partial charge < -0.3 is 4.74 Å². The van der Waals surface area contributed by atoms with Crippen LogP contribution in [0.2, 0.25) is 0 Å². The van der Waals surface area contributed by atoms with Gasteiger partial charge in [0.05, 0.1) is 18.4 Å². The largest absolute Gasteiger partial charge is 0.465 e. The minimum atomic E-state index is -0.372. The van der Waals surface area contributed by atoms with E-state index in [1.165, 1.54) is 7.11 Å². The third-order valence-electron chi connectivity index (χ3n) is 4.67. The van der Waals surface area contributed by atoms with Gasteiger partial charge in [0.2, 0.25) is 0 Å². The first-order valence-electron chi connectivity index (χ1n) is 9.06. The van der Waals surface area contributed by atoms with Crippen LogP contribution in [0.15, 0.2) is 97.2 Å². The molecule has 3 nitrogen and oxygen atoms in total. The predicted octanol–water partition coefficient (Wildman–Crippen LogP) is 5.87. The molecule has 0 N–H and O–H groups in total. The lowest BCUT2D eigenvalue weighted by atomic mass is 9.94. The van der Waals surface area contributed by atoms with Crippen LogP contribution in [0.1, 0.15) is 10.4 Å². The number of methoxy groups -OCH3 is 1. The van der Waals surface area contributed by atoms with E-state index in [9.17, 15) is 4.79 Å². The fraction of sp³-hybridized carbons (Fsp3) is 0.0400. The number of ether oxygens (including phenoxy) is 1. The highest BCUT2D eigenvalue weighted by molar-refractivity contribution is 5.99. The summed E-state index contributed by atoms with van der Waals surface area (Å²) in [7, 11) is 1.39. The van der Waals surface area contributed by atoms with Gasteiger partial charge in [-0.3, -0.25) is 4.98 Å². The normalized spacial score (nSPS) is 10.5. The summed E-state index contributed by atoms with van der Waals surface area (Å²) in [5.41, 5.74) is 6.15. The lowest BCUT2D eigenvalue weighted by molar-refractivity contribution is 0.0601. The van der Waals surface area contributed by atoms with Crippen LogP contribution in [0.4, 0.5) is 0 Å². The third kappa shape index (κ3) is 3.42. The van der Waals surface area contributed by atoms with Crippen molar-refractivity contribution in [3.63, 3.8) is 0 Å². The topological polar surface area (TPSA) is 39.2 Å². The molecule has 0 unspecified atom stereocenters. The molecule has 0 saturated heterocycles. The van der Waals surface area contributed by atoms with Gasteiger partial charge in [-0.05, 0) is 23.3 Å². The maximum atomic E-state index is 12.3. The van der Waals surface area contributed by atoms with Crippen molar-refractivity contribution >= 4 is 5.97 Å². The van der Waals surface area contributed by atoms with Crippen LogP contribution in [-0.4, -0.2) is 18.1 Å². The van der Waals surface area contributed by atoms with Crippen LogP contribution < -0.4 is 0 Å². The molecule has 4 aromatic rings. The summed E-state index contributed by atoms with van der Waals surface area (Å²) in [6.07, 6.45) is 1.85. The number of benzene rings is 3. The highest BCUT2D eigenvalue weighted by Crippen LogP contribution is 2.35. The van der Waals surface area contributed by atoms with Crippen molar-refractivity contribution in [2.45, 2.75) is 0 Å². The molecule has 1 aromatic heterocycles. The Morgan fingerprint density at radius 1 is 0.714 bits per heavy atom. The van der Waals surface area contributed by atoms with Crippen LogP contribution in [0.5, 0.6) is 0 Å². The number of rotatable bonds is 4. The monoisotopic (exact) mass is 365 g/mol. The fourth-order valence-corrected chi connectivity index (χ4v) is 3.28. The van der Waals surface area contributed by atoms with Crippen molar-refractivity contribution in [3.8, 4) is 33.5 Å². The van der Waals surface area contributed by atoms with Gasteiger partial charge in [-0.15, -0.1) is 0 Å². The molecule has 28 heavy (non-hydrogen) atoms. The number of esters is 1. The third-order valence-corrected chi connectivity index (χ3v) is 4.67. The Kier molecular flexibility index (Phi) is 4.98. The molecule has 0 atom stereocenters. The van der Waals surface area contributed by atoms with Gasteiger partial charge in [-0.25, -0.2) is 4.79 Å². The van der Waals surface area contributed by atoms with E-state index in [2.05, 4.69) is 30.3 Å². The quantitative estimate of drug-likeness (QED) is 0.425. The zero-order chi connectivity index (χ0) is 19.3. The fourth-order valence-electron chi connectivity index (χ4n) is 3.28. The molecule has 0 aliphatic rings. The van der Waals surface area contributed by atoms with Crippen molar-refractivity contribution < 1.29 is 9.53 Å². The number of aromatic nitrogens is 1. The molecule has 4 rings (SSSR count). The molecular weight excluding hydrogens is 346 g/mol. The average Bonchev–Trinajstić information content (AvgIpc) is 2.79. The molecule has 1 heterocycles. The van der Waals surface area contributed by atoms with Gasteiger partial charge in [0.25, 0.3) is 0 Å². The van der Waals surface area contributed by atoms with Crippen LogP contribution in [0.25, 0.3) is 33.5 Å². The zero-order valence-electron chi connectivity index (χ0n) is 15.5. The van der Waals surface area contributed by atoms with Crippen molar-refractivity contribution in [1.29, 1.82) is 0 Å². The zero-order valence-corrected chi connectivity index (χ0v) is 15.5. The van der Waals surface area contributed by atoms with Gasteiger partial charge in [-0.2, -0.15) is 0 Å². The molecule has 0 amide bonds. The Bertz CT molecular complexity index is 1110. The molecule has 0 aliphatic carbocycles. The van der Waals surface area contributed by atoms with E-state index in [0.717, 1.165) is 33.5 Å². The van der Waals surface area contributed by atoms with E-state index in [-0.39, 0.29) is 5.97 Å². The standard InChI is InChI=1S/C25H19NO2/c1-28-25(27)22-15-9-8-14-21(22)24-23(19-12-6-3-7-13-19)16-20(17-26-24)18-10-4-2-5-11-18/h2-17H,1H3. The molecule has 0 spiro atoms. The minimum absolute atomic E-state index is 0.372. The second-order valence-electron chi connectivity index (χ2n) is 6.39. The Morgan fingerprint density at radius 3 is 2.00 bits per heavy atom. The minimum Gasteiger partial charge on any atom is -0.465 e. The van der Waals surface area contributed by atoms with Crippen LogP contribution >= 0.6 is 0 Å². The van der Waals surface area contributed by atoms with Crippen LogP contribution in [0.3, 0.4) is 0 Å². The number of carbonyl (C=O) groups excluding carboxylic acids is 1. The highest BCUT2D eigenvalue weighted by Gasteiger charge is 2.18. The van der Waals surface area contributed by atoms with Crippen LogP contribution in [0, 0.1) is 0 Å². The lowest BCUT2D eigenvalue weighted by Gasteiger charge is -2.14. The average molecular weight is 365 g/mol.